The van der Waals surface area contributed by atoms with E-state index in [1.165, 1.54) is 0 Å². The summed E-state index contributed by atoms with van der Waals surface area (Å²) >= 11 is 0. The largest absolute Gasteiger partial charge is 0.369 e. The number of hydrogen-bond donors (Lipinski definition) is 1. The van der Waals surface area contributed by atoms with E-state index in [2.05, 4.69) is 25.8 Å². The summed E-state index contributed by atoms with van der Waals surface area (Å²) in [5.41, 5.74) is 3.99. The van der Waals surface area contributed by atoms with Gasteiger partial charge in [0.15, 0.2) is 0 Å². The first-order valence-electron chi connectivity index (χ1n) is 7.90. The van der Waals surface area contributed by atoms with Crippen LogP contribution in [0.5, 0.6) is 0 Å². The van der Waals surface area contributed by atoms with Crippen molar-refractivity contribution in [2.75, 3.05) is 6.54 Å². The molecule has 0 saturated carbocycles. The maximum absolute atomic E-state index is 5.96. The first-order chi connectivity index (χ1) is 11.7. The minimum Gasteiger partial charge on any atom is -0.369 e. The van der Waals surface area contributed by atoms with Crippen LogP contribution in [0.25, 0.3) is 11.3 Å². The van der Waals surface area contributed by atoms with Crippen LogP contribution in [-0.2, 0) is 38.5 Å². The molecule has 0 fully saturated rings. The molecule has 0 spiro atoms. The van der Waals surface area contributed by atoms with Gasteiger partial charge in [0.1, 0.15) is 5.69 Å². The Kier molecular flexibility index (Phi) is 3.87. The Morgan fingerprint density at radius 1 is 1.21 bits per heavy atom. The number of aryl methyl sites for hydroxylation is 2. The average molecular weight is 328 g/mol. The lowest BCUT2D eigenvalue weighted by molar-refractivity contribution is 0.00125. The van der Waals surface area contributed by atoms with Gasteiger partial charge in [-0.25, -0.2) is 4.68 Å². The number of nitrogens with zero attached hydrogens (tertiary/aromatic N) is 7. The van der Waals surface area contributed by atoms with Crippen molar-refractivity contribution < 1.29 is 4.74 Å². The van der Waals surface area contributed by atoms with Gasteiger partial charge < -0.3 is 10.1 Å². The molecule has 0 unspecified atom stereocenters. The average Bonchev–Trinajstić information content (AvgIpc) is 3.27. The van der Waals surface area contributed by atoms with Crippen LogP contribution < -0.4 is 5.32 Å². The molecule has 24 heavy (non-hydrogen) atoms. The van der Waals surface area contributed by atoms with E-state index < -0.39 is 0 Å². The summed E-state index contributed by atoms with van der Waals surface area (Å²) < 4.78 is 11.5. The molecular formula is C15H20N8O. The lowest BCUT2D eigenvalue weighted by Crippen LogP contribution is -2.36. The molecule has 3 aromatic rings. The highest BCUT2D eigenvalue weighted by molar-refractivity contribution is 5.59. The van der Waals surface area contributed by atoms with Crippen LogP contribution in [0.3, 0.4) is 0 Å². The summed E-state index contributed by atoms with van der Waals surface area (Å²) in [5.74, 6) is 0. The Labute approximate surface area is 139 Å². The molecule has 1 N–H and O–H groups in total. The number of aromatic nitrogens is 7. The molecule has 9 nitrogen and oxygen atoms in total. The zero-order valence-corrected chi connectivity index (χ0v) is 13.8. The molecule has 4 heterocycles. The van der Waals surface area contributed by atoms with Crippen molar-refractivity contribution in [3.63, 3.8) is 0 Å². The molecule has 3 aromatic heterocycles. The number of ether oxygens (including phenoxy) is 1. The lowest BCUT2D eigenvalue weighted by Gasteiger charge is -2.24. The lowest BCUT2D eigenvalue weighted by atomic mass is 10.2. The summed E-state index contributed by atoms with van der Waals surface area (Å²) in [6.07, 6.45) is 7.69. The molecule has 9 heteroatoms. The first kappa shape index (κ1) is 15.0. The molecule has 126 valence electrons. The van der Waals surface area contributed by atoms with E-state index in [9.17, 15) is 0 Å². The smallest absolute Gasteiger partial charge is 0.121 e. The molecule has 0 amide bonds. The maximum atomic E-state index is 5.96. The molecule has 4 rings (SSSR count). The van der Waals surface area contributed by atoms with Crippen LogP contribution in [0.1, 0.15) is 11.3 Å². The number of fused-ring (bicyclic) bond motifs is 1. The molecule has 1 aliphatic heterocycles. The highest BCUT2D eigenvalue weighted by Gasteiger charge is 2.24. The first-order valence-corrected chi connectivity index (χ1v) is 7.90. The second kappa shape index (κ2) is 6.17. The quantitative estimate of drug-likeness (QED) is 0.715. The van der Waals surface area contributed by atoms with Gasteiger partial charge >= 0.3 is 0 Å². The van der Waals surface area contributed by atoms with Crippen LogP contribution in [0.15, 0.2) is 24.8 Å². The Morgan fingerprint density at radius 2 is 2.04 bits per heavy atom. The van der Waals surface area contributed by atoms with E-state index in [1.54, 1.807) is 15.6 Å². The van der Waals surface area contributed by atoms with Crippen LogP contribution in [0, 0.1) is 0 Å². The number of rotatable bonds is 5. The summed E-state index contributed by atoms with van der Waals surface area (Å²) in [6.45, 7) is 2.74. The molecule has 0 aromatic carbocycles. The monoisotopic (exact) mass is 328 g/mol. The molecule has 1 atom stereocenters. The van der Waals surface area contributed by atoms with E-state index in [-0.39, 0.29) is 6.10 Å². The third kappa shape index (κ3) is 2.95. The van der Waals surface area contributed by atoms with E-state index in [0.717, 1.165) is 35.6 Å². The molecule has 0 radical (unpaired) electrons. The van der Waals surface area contributed by atoms with Crippen LogP contribution >= 0.6 is 0 Å². The topological polar surface area (TPSA) is 87.6 Å². The number of hydrogen-bond acceptors (Lipinski definition) is 6. The van der Waals surface area contributed by atoms with E-state index in [1.807, 2.05) is 37.4 Å². The predicted molar refractivity (Wildman–Crippen MR) is 85.7 cm³/mol. The van der Waals surface area contributed by atoms with Crippen LogP contribution in [0.4, 0.5) is 0 Å². The van der Waals surface area contributed by atoms with Crippen molar-refractivity contribution in [3.8, 4) is 11.3 Å². The molecule has 0 bridgehead atoms. The molecule has 0 saturated heterocycles. The maximum Gasteiger partial charge on any atom is 0.121 e. The van der Waals surface area contributed by atoms with Gasteiger partial charge in [0, 0.05) is 50.7 Å². The normalized spacial score (nSPS) is 17.2. The minimum absolute atomic E-state index is 0.0811. The van der Waals surface area contributed by atoms with Crippen LogP contribution in [0.2, 0.25) is 0 Å². The third-order valence-electron chi connectivity index (χ3n) is 4.11. The van der Waals surface area contributed by atoms with Crippen molar-refractivity contribution >= 4 is 0 Å². The number of nitrogens with one attached hydrogen (secondary N) is 1. The van der Waals surface area contributed by atoms with Gasteiger partial charge in [-0.2, -0.15) is 10.2 Å². The van der Waals surface area contributed by atoms with Gasteiger partial charge in [0.05, 0.1) is 37.3 Å². The Balaban J connectivity index is 1.37. The van der Waals surface area contributed by atoms with Gasteiger partial charge in [-0.15, -0.1) is 5.10 Å². The van der Waals surface area contributed by atoms with Crippen LogP contribution in [-0.4, -0.2) is 47.2 Å². The van der Waals surface area contributed by atoms with Crippen molar-refractivity contribution in [3.05, 3.63) is 36.0 Å². The van der Waals surface area contributed by atoms with Gasteiger partial charge in [0.2, 0.25) is 0 Å². The summed E-state index contributed by atoms with van der Waals surface area (Å²) in [4.78, 5) is 0. The fraction of sp³-hybridized carbons (Fsp3) is 0.467. The Hall–Kier alpha value is -2.52. The Morgan fingerprint density at radius 3 is 2.79 bits per heavy atom. The van der Waals surface area contributed by atoms with E-state index >= 15 is 0 Å². The fourth-order valence-corrected chi connectivity index (χ4v) is 2.90. The van der Waals surface area contributed by atoms with Crippen molar-refractivity contribution in [2.24, 2.45) is 14.1 Å². The van der Waals surface area contributed by atoms with Crippen molar-refractivity contribution in [1.29, 1.82) is 0 Å². The van der Waals surface area contributed by atoms with E-state index in [0.29, 0.717) is 13.2 Å². The second-order valence-electron chi connectivity index (χ2n) is 6.06. The van der Waals surface area contributed by atoms with Gasteiger partial charge in [0.25, 0.3) is 0 Å². The van der Waals surface area contributed by atoms with Gasteiger partial charge in [-0.1, -0.05) is 5.21 Å². The third-order valence-corrected chi connectivity index (χ3v) is 4.11. The van der Waals surface area contributed by atoms with Crippen molar-refractivity contribution in [2.45, 2.75) is 25.8 Å². The van der Waals surface area contributed by atoms with Crippen molar-refractivity contribution in [1.82, 2.24) is 39.9 Å². The highest BCUT2D eigenvalue weighted by atomic mass is 16.5. The minimum atomic E-state index is 0.0811. The molecule has 1 aliphatic rings. The Bertz CT molecular complexity index is 832. The molecular weight excluding hydrogens is 308 g/mol. The van der Waals surface area contributed by atoms with Gasteiger partial charge in [-0.05, 0) is 0 Å². The second-order valence-corrected chi connectivity index (χ2v) is 6.06. The zero-order chi connectivity index (χ0) is 16.5. The fourth-order valence-electron chi connectivity index (χ4n) is 2.90. The SMILES string of the molecule is Cn1cc(CNC[C@H]2Cn3nnc(-c4cnn(C)c4)c3CO2)cn1. The highest BCUT2D eigenvalue weighted by Crippen LogP contribution is 2.24. The summed E-state index contributed by atoms with van der Waals surface area (Å²) in [7, 11) is 3.81. The summed E-state index contributed by atoms with van der Waals surface area (Å²) in [5, 5.41) is 20.3. The van der Waals surface area contributed by atoms with Gasteiger partial charge in [-0.3, -0.25) is 9.36 Å². The van der Waals surface area contributed by atoms with E-state index in [4.69, 9.17) is 4.74 Å². The standard InChI is InChI=1S/C15H20N8O/c1-21-7-11(4-17-21)3-16-6-13-9-23-14(10-24-13)15(19-20-23)12-5-18-22(2)8-12/h4-5,7-8,13,16H,3,6,9-10H2,1-2H3/t13-/m0/s1. The predicted octanol–water partition coefficient (Wildman–Crippen LogP) is 0.101. The summed E-state index contributed by atoms with van der Waals surface area (Å²) in [6, 6.07) is 0. The zero-order valence-electron chi connectivity index (χ0n) is 13.8. The molecule has 0 aliphatic carbocycles.